The third kappa shape index (κ3) is 1.76. The number of carbonyl (C=O) groups excluding carboxylic acids is 1. The molecule has 1 rings (SSSR count). The van der Waals surface area contributed by atoms with Gasteiger partial charge in [-0.2, -0.15) is 0 Å². The van der Waals surface area contributed by atoms with Crippen molar-refractivity contribution in [2.45, 2.75) is 19.3 Å². The third-order valence-electron chi connectivity index (χ3n) is 2.19. The fourth-order valence-electron chi connectivity index (χ4n) is 1.58. The summed E-state index contributed by atoms with van der Waals surface area (Å²) in [4.78, 5) is 11.2. The van der Waals surface area contributed by atoms with Crippen LogP contribution in [0.2, 0.25) is 0 Å². The first-order valence-electron chi connectivity index (χ1n) is 4.19. The minimum atomic E-state index is -0.181. The van der Waals surface area contributed by atoms with Crippen LogP contribution in [0.5, 0.6) is 0 Å². The molecule has 12 heavy (non-hydrogen) atoms. The number of hydrogen-bond acceptors (Lipinski definition) is 2. The molecule has 0 saturated heterocycles. The summed E-state index contributed by atoms with van der Waals surface area (Å²) in [6, 6.07) is 0. The van der Waals surface area contributed by atoms with E-state index in [-0.39, 0.29) is 5.97 Å². The lowest BCUT2D eigenvalue weighted by molar-refractivity contribution is -0.136. The summed E-state index contributed by atoms with van der Waals surface area (Å²) in [5, 5.41) is 0. The second-order valence-corrected chi connectivity index (χ2v) is 2.95. The van der Waals surface area contributed by atoms with Gasteiger partial charge in [-0.1, -0.05) is 12.2 Å². The molecule has 0 radical (unpaired) electrons. The van der Waals surface area contributed by atoms with Gasteiger partial charge in [0.05, 0.1) is 7.11 Å². The van der Waals surface area contributed by atoms with E-state index in [2.05, 4.69) is 11.3 Å². The monoisotopic (exact) mass is 166 g/mol. The van der Waals surface area contributed by atoms with Crippen molar-refractivity contribution in [1.29, 1.82) is 0 Å². The molecule has 0 aliphatic heterocycles. The first kappa shape index (κ1) is 9.04. The van der Waals surface area contributed by atoms with Gasteiger partial charge in [-0.05, 0) is 25.2 Å². The second-order valence-electron chi connectivity index (χ2n) is 2.95. The van der Waals surface area contributed by atoms with Gasteiger partial charge in [-0.25, -0.2) is 4.79 Å². The maximum Gasteiger partial charge on any atom is 0.333 e. The van der Waals surface area contributed by atoms with E-state index in [0.29, 0.717) is 5.92 Å². The van der Waals surface area contributed by atoms with Crippen LogP contribution in [-0.4, -0.2) is 13.1 Å². The lowest BCUT2D eigenvalue weighted by Crippen LogP contribution is -2.10. The van der Waals surface area contributed by atoms with Crippen molar-refractivity contribution < 1.29 is 9.53 Å². The number of esters is 1. The van der Waals surface area contributed by atoms with Gasteiger partial charge >= 0.3 is 5.97 Å². The molecule has 0 aromatic heterocycles. The van der Waals surface area contributed by atoms with Gasteiger partial charge in [0, 0.05) is 5.57 Å². The van der Waals surface area contributed by atoms with E-state index < -0.39 is 0 Å². The van der Waals surface area contributed by atoms with Crippen LogP contribution in [-0.2, 0) is 9.53 Å². The lowest BCUT2D eigenvalue weighted by Gasteiger charge is -2.09. The zero-order valence-electron chi connectivity index (χ0n) is 7.38. The zero-order chi connectivity index (χ0) is 8.97. The highest BCUT2D eigenvalue weighted by Gasteiger charge is 2.23. The van der Waals surface area contributed by atoms with E-state index in [0.717, 1.165) is 24.8 Å². The van der Waals surface area contributed by atoms with Crippen molar-refractivity contribution in [2.24, 2.45) is 5.92 Å². The fraction of sp³-hybridized carbons (Fsp3) is 0.500. The molecule has 0 spiro atoms. The molecule has 2 heteroatoms. The van der Waals surface area contributed by atoms with Crippen LogP contribution in [0, 0.1) is 5.92 Å². The Kier molecular flexibility index (Phi) is 3.09. The van der Waals surface area contributed by atoms with Gasteiger partial charge in [-0.15, -0.1) is 6.58 Å². The topological polar surface area (TPSA) is 26.3 Å². The molecule has 2 nitrogen and oxygen atoms in total. The molecule has 0 heterocycles. The molecule has 1 aliphatic carbocycles. The van der Waals surface area contributed by atoms with E-state index in [1.165, 1.54) is 7.11 Å². The van der Waals surface area contributed by atoms with E-state index in [4.69, 9.17) is 0 Å². The highest BCUT2D eigenvalue weighted by molar-refractivity contribution is 5.89. The first-order valence-corrected chi connectivity index (χ1v) is 4.19. The van der Waals surface area contributed by atoms with Crippen molar-refractivity contribution in [3.63, 3.8) is 0 Å². The van der Waals surface area contributed by atoms with Gasteiger partial charge in [0.15, 0.2) is 0 Å². The average molecular weight is 166 g/mol. The Labute approximate surface area is 72.9 Å². The molecule has 0 saturated carbocycles. The highest BCUT2D eigenvalue weighted by atomic mass is 16.5. The van der Waals surface area contributed by atoms with Crippen molar-refractivity contribution in [3.8, 4) is 0 Å². The fourth-order valence-corrected chi connectivity index (χ4v) is 1.58. The number of rotatable bonds is 3. The Bertz CT molecular complexity index is 216. The van der Waals surface area contributed by atoms with Crippen LogP contribution in [0.15, 0.2) is 24.3 Å². The molecule has 66 valence electrons. The van der Waals surface area contributed by atoms with Gasteiger partial charge in [0.1, 0.15) is 0 Å². The third-order valence-corrected chi connectivity index (χ3v) is 2.19. The summed E-state index contributed by atoms with van der Waals surface area (Å²) in [7, 11) is 1.42. The summed E-state index contributed by atoms with van der Waals surface area (Å²) >= 11 is 0. The minimum absolute atomic E-state index is 0.181. The quantitative estimate of drug-likeness (QED) is 0.474. The number of ether oxygens (including phenoxy) is 1. The van der Waals surface area contributed by atoms with Gasteiger partial charge < -0.3 is 4.74 Å². The van der Waals surface area contributed by atoms with E-state index in [9.17, 15) is 4.79 Å². The van der Waals surface area contributed by atoms with Crippen LogP contribution in [0.3, 0.4) is 0 Å². The maximum absolute atomic E-state index is 11.2. The molecule has 1 aliphatic rings. The number of allylic oxidation sites excluding steroid dienone is 2. The number of hydrogen-bond donors (Lipinski definition) is 0. The van der Waals surface area contributed by atoms with Crippen LogP contribution >= 0.6 is 0 Å². The van der Waals surface area contributed by atoms with Crippen molar-refractivity contribution in [3.05, 3.63) is 24.3 Å². The molecular weight excluding hydrogens is 152 g/mol. The standard InChI is InChI=1S/C10H14O2/c1-3-5-8-6-4-7-9(8)10(11)12-2/h3,7-8H,1,4-6H2,2H3. The summed E-state index contributed by atoms with van der Waals surface area (Å²) in [5.41, 5.74) is 0.831. The van der Waals surface area contributed by atoms with Gasteiger partial charge in [0.2, 0.25) is 0 Å². The molecule has 0 bridgehead atoms. The van der Waals surface area contributed by atoms with Crippen LogP contribution in [0.1, 0.15) is 19.3 Å². The number of carbonyl (C=O) groups is 1. The molecular formula is C10H14O2. The molecule has 0 N–H and O–H groups in total. The number of methoxy groups -OCH3 is 1. The maximum atomic E-state index is 11.2. The molecule has 0 aromatic carbocycles. The van der Waals surface area contributed by atoms with E-state index >= 15 is 0 Å². The Balaban J connectivity index is 2.62. The summed E-state index contributed by atoms with van der Waals surface area (Å²) in [5.74, 6) is 0.161. The Morgan fingerprint density at radius 3 is 3.25 bits per heavy atom. The van der Waals surface area contributed by atoms with Gasteiger partial charge in [0.25, 0.3) is 0 Å². The van der Waals surface area contributed by atoms with Crippen molar-refractivity contribution >= 4 is 5.97 Å². The first-order chi connectivity index (χ1) is 5.79. The normalized spacial score (nSPS) is 21.8. The van der Waals surface area contributed by atoms with Crippen LogP contribution in [0.25, 0.3) is 0 Å². The van der Waals surface area contributed by atoms with E-state index in [1.807, 2.05) is 12.2 Å². The smallest absolute Gasteiger partial charge is 0.333 e. The van der Waals surface area contributed by atoms with Crippen LogP contribution < -0.4 is 0 Å². The minimum Gasteiger partial charge on any atom is -0.466 e. The Morgan fingerprint density at radius 2 is 2.67 bits per heavy atom. The molecule has 0 aromatic rings. The second kappa shape index (κ2) is 4.10. The summed E-state index contributed by atoms with van der Waals surface area (Å²) < 4.78 is 4.67. The Morgan fingerprint density at radius 1 is 1.92 bits per heavy atom. The highest BCUT2D eigenvalue weighted by Crippen LogP contribution is 2.29. The molecule has 0 amide bonds. The largest absolute Gasteiger partial charge is 0.466 e. The average Bonchev–Trinajstić information content (AvgIpc) is 2.52. The van der Waals surface area contributed by atoms with Gasteiger partial charge in [-0.3, -0.25) is 0 Å². The SMILES string of the molecule is C=CCC1CCC=C1C(=O)OC. The summed E-state index contributed by atoms with van der Waals surface area (Å²) in [6.07, 6.45) is 6.74. The van der Waals surface area contributed by atoms with Crippen molar-refractivity contribution in [2.75, 3.05) is 7.11 Å². The molecule has 0 fully saturated rings. The Hall–Kier alpha value is -1.05. The molecule has 1 atom stereocenters. The lowest BCUT2D eigenvalue weighted by atomic mass is 9.98. The zero-order valence-corrected chi connectivity index (χ0v) is 7.38. The predicted octanol–water partition coefficient (Wildman–Crippen LogP) is 2.07. The van der Waals surface area contributed by atoms with E-state index in [1.54, 1.807) is 0 Å². The molecule has 1 unspecified atom stereocenters. The van der Waals surface area contributed by atoms with Crippen LogP contribution in [0.4, 0.5) is 0 Å². The predicted molar refractivity (Wildman–Crippen MR) is 47.6 cm³/mol. The van der Waals surface area contributed by atoms with Crippen molar-refractivity contribution in [1.82, 2.24) is 0 Å². The summed E-state index contributed by atoms with van der Waals surface area (Å²) in [6.45, 7) is 3.66.